The first-order valence-corrected chi connectivity index (χ1v) is 9.39. The van der Waals surface area contributed by atoms with Gasteiger partial charge >= 0.3 is 0 Å². The van der Waals surface area contributed by atoms with Crippen LogP contribution in [0.5, 0.6) is 11.5 Å². The van der Waals surface area contributed by atoms with E-state index in [1.165, 1.54) is 0 Å². The van der Waals surface area contributed by atoms with Crippen LogP contribution in [0.1, 0.15) is 37.0 Å². The fourth-order valence-electron chi connectivity index (χ4n) is 5.33. The summed E-state index contributed by atoms with van der Waals surface area (Å²) in [5.74, 6) is 0.604. The van der Waals surface area contributed by atoms with Gasteiger partial charge in [0.25, 0.3) is 0 Å². The molecule has 2 heterocycles. The molecule has 5 heteroatoms. The number of ether oxygens (including phenoxy) is 3. The number of hydrogen-bond acceptors (Lipinski definition) is 5. The summed E-state index contributed by atoms with van der Waals surface area (Å²) < 4.78 is 18.2. The maximum atomic E-state index is 13.5. The average molecular weight is 366 g/mol. The fourth-order valence-corrected chi connectivity index (χ4v) is 5.33. The Morgan fingerprint density at radius 3 is 2.89 bits per heavy atom. The third-order valence-corrected chi connectivity index (χ3v) is 6.50. The lowest BCUT2D eigenvalue weighted by molar-refractivity contribution is -0.165. The van der Waals surface area contributed by atoms with Crippen LogP contribution in [0.4, 0.5) is 0 Å². The van der Waals surface area contributed by atoms with Gasteiger partial charge in [-0.1, -0.05) is 23.8 Å². The van der Waals surface area contributed by atoms with Crippen molar-refractivity contribution < 1.29 is 23.8 Å². The second kappa shape index (κ2) is 5.32. The number of methoxy groups -OCH3 is 1. The molecule has 0 N–H and O–H groups in total. The van der Waals surface area contributed by atoms with Crippen LogP contribution in [0.25, 0.3) is 0 Å². The standard InChI is InChI=1S/C22H22O5/c1-12(2)7-8-21-20(24)13-9-14(11-26-21)22(21)15(10-13)19(23)18-16(25-3)5-4-6-17(18)27-22/h4-7,10,13-14H,8-9,11H2,1-3H3. The van der Waals surface area contributed by atoms with Crippen molar-refractivity contribution in [2.75, 3.05) is 13.7 Å². The van der Waals surface area contributed by atoms with Gasteiger partial charge in [0.2, 0.25) is 0 Å². The first-order valence-electron chi connectivity index (χ1n) is 9.39. The van der Waals surface area contributed by atoms with Gasteiger partial charge in [0.05, 0.1) is 13.7 Å². The Balaban J connectivity index is 1.76. The molecule has 4 bridgehead atoms. The van der Waals surface area contributed by atoms with E-state index >= 15 is 0 Å². The molecule has 0 radical (unpaired) electrons. The molecular formula is C22H22O5. The molecule has 1 spiro atoms. The van der Waals surface area contributed by atoms with Crippen LogP contribution >= 0.6 is 0 Å². The molecule has 4 unspecified atom stereocenters. The normalized spacial score (nSPS) is 35.1. The molecule has 0 amide bonds. The van der Waals surface area contributed by atoms with Gasteiger partial charge in [-0.15, -0.1) is 0 Å². The van der Waals surface area contributed by atoms with E-state index in [2.05, 4.69) is 0 Å². The smallest absolute Gasteiger partial charge is 0.200 e. The van der Waals surface area contributed by atoms with E-state index < -0.39 is 11.2 Å². The number of benzene rings is 1. The molecule has 2 fully saturated rings. The lowest BCUT2D eigenvalue weighted by Crippen LogP contribution is -2.71. The Bertz CT molecular complexity index is 938. The minimum atomic E-state index is -1.13. The fraction of sp³-hybridized carbons (Fsp3) is 0.455. The molecule has 4 atom stereocenters. The Kier molecular flexibility index (Phi) is 3.30. The Morgan fingerprint density at radius 1 is 1.33 bits per heavy atom. The molecule has 6 rings (SSSR count). The second-order valence-corrected chi connectivity index (χ2v) is 8.11. The van der Waals surface area contributed by atoms with E-state index in [0.29, 0.717) is 42.1 Å². The number of ketones is 2. The molecule has 5 nitrogen and oxygen atoms in total. The Hall–Kier alpha value is -2.40. The summed E-state index contributed by atoms with van der Waals surface area (Å²) >= 11 is 0. The van der Waals surface area contributed by atoms with E-state index in [9.17, 15) is 9.59 Å². The molecule has 5 aliphatic rings. The number of hydrogen-bond donors (Lipinski definition) is 0. The third-order valence-electron chi connectivity index (χ3n) is 6.50. The van der Waals surface area contributed by atoms with Crippen molar-refractivity contribution in [3.05, 3.63) is 47.1 Å². The molecule has 1 aromatic carbocycles. The van der Waals surface area contributed by atoms with Crippen molar-refractivity contribution in [1.29, 1.82) is 0 Å². The monoisotopic (exact) mass is 366 g/mol. The summed E-state index contributed by atoms with van der Waals surface area (Å²) in [6, 6.07) is 5.34. The number of carbonyl (C=O) groups excluding carboxylic acids is 2. The van der Waals surface area contributed by atoms with Crippen molar-refractivity contribution in [1.82, 2.24) is 0 Å². The van der Waals surface area contributed by atoms with Crippen molar-refractivity contribution in [2.45, 2.75) is 37.9 Å². The van der Waals surface area contributed by atoms with Gasteiger partial charge in [-0.05, 0) is 32.4 Å². The van der Waals surface area contributed by atoms with Crippen LogP contribution in [0, 0.1) is 11.8 Å². The van der Waals surface area contributed by atoms with Crippen LogP contribution in [-0.4, -0.2) is 36.5 Å². The number of carbonyl (C=O) groups is 2. The number of allylic oxidation sites excluding steroid dienone is 2. The molecule has 27 heavy (non-hydrogen) atoms. The van der Waals surface area contributed by atoms with E-state index in [4.69, 9.17) is 14.2 Å². The molecular weight excluding hydrogens is 344 g/mol. The summed E-state index contributed by atoms with van der Waals surface area (Å²) in [6.07, 6.45) is 4.94. The van der Waals surface area contributed by atoms with E-state index in [1.54, 1.807) is 25.3 Å². The minimum Gasteiger partial charge on any atom is -0.496 e. The second-order valence-electron chi connectivity index (χ2n) is 8.11. The van der Waals surface area contributed by atoms with Gasteiger partial charge in [0.1, 0.15) is 17.1 Å². The lowest BCUT2D eigenvalue weighted by atomic mass is 9.53. The molecule has 3 aliphatic carbocycles. The predicted molar refractivity (Wildman–Crippen MR) is 98.1 cm³/mol. The Labute approximate surface area is 158 Å². The quantitative estimate of drug-likeness (QED) is 0.769. The maximum absolute atomic E-state index is 13.5. The SMILES string of the molecule is COc1cccc2c1C(=O)C1=CC3CC4COC(CC=C(C)C)(C3=O)C14O2. The van der Waals surface area contributed by atoms with Crippen LogP contribution in [-0.2, 0) is 9.53 Å². The summed E-state index contributed by atoms with van der Waals surface area (Å²) in [6.45, 7) is 4.43. The highest BCUT2D eigenvalue weighted by Crippen LogP contribution is 2.63. The molecule has 1 saturated carbocycles. The summed E-state index contributed by atoms with van der Waals surface area (Å²) in [4.78, 5) is 26.9. The molecule has 0 aromatic heterocycles. The van der Waals surface area contributed by atoms with Crippen molar-refractivity contribution in [3.63, 3.8) is 0 Å². The highest BCUT2D eigenvalue weighted by Gasteiger charge is 2.76. The van der Waals surface area contributed by atoms with E-state index in [-0.39, 0.29) is 23.4 Å². The summed E-state index contributed by atoms with van der Waals surface area (Å²) in [5.41, 5.74) is -0.0509. The molecule has 140 valence electrons. The maximum Gasteiger partial charge on any atom is 0.200 e. The van der Waals surface area contributed by atoms with Crippen molar-refractivity contribution in [2.24, 2.45) is 11.8 Å². The Morgan fingerprint density at radius 2 is 2.15 bits per heavy atom. The van der Waals surface area contributed by atoms with Crippen molar-refractivity contribution >= 4 is 11.6 Å². The first kappa shape index (κ1) is 16.8. The number of rotatable bonds is 3. The summed E-state index contributed by atoms with van der Waals surface area (Å²) in [7, 11) is 1.54. The third kappa shape index (κ3) is 1.83. The van der Waals surface area contributed by atoms with Crippen LogP contribution in [0.2, 0.25) is 0 Å². The average Bonchev–Trinajstić information content (AvgIpc) is 2.91. The molecule has 1 saturated heterocycles. The largest absolute Gasteiger partial charge is 0.496 e. The van der Waals surface area contributed by atoms with Gasteiger partial charge < -0.3 is 14.2 Å². The van der Waals surface area contributed by atoms with E-state index in [0.717, 1.165) is 5.57 Å². The van der Waals surface area contributed by atoms with Gasteiger partial charge in [-0.25, -0.2) is 0 Å². The predicted octanol–water partition coefficient (Wildman–Crippen LogP) is 3.28. The summed E-state index contributed by atoms with van der Waals surface area (Å²) in [5, 5.41) is 0. The lowest BCUT2D eigenvalue weighted by Gasteiger charge is -2.55. The highest BCUT2D eigenvalue weighted by molar-refractivity contribution is 6.18. The number of Topliss-reactive ketones (excluding diaryl/α,β-unsaturated/α-hetero) is 2. The topological polar surface area (TPSA) is 61.8 Å². The van der Waals surface area contributed by atoms with Crippen LogP contribution < -0.4 is 9.47 Å². The highest BCUT2D eigenvalue weighted by atomic mass is 16.6. The minimum absolute atomic E-state index is 0.00550. The zero-order valence-corrected chi connectivity index (χ0v) is 15.7. The van der Waals surface area contributed by atoms with Gasteiger partial charge in [-0.3, -0.25) is 9.59 Å². The number of fused-ring (bicyclic) bond motifs is 1. The first-order chi connectivity index (χ1) is 12.9. The van der Waals surface area contributed by atoms with Crippen LogP contribution in [0.3, 0.4) is 0 Å². The van der Waals surface area contributed by atoms with Crippen molar-refractivity contribution in [3.8, 4) is 11.5 Å². The molecule has 1 aromatic rings. The zero-order chi connectivity index (χ0) is 19.0. The van der Waals surface area contributed by atoms with Gasteiger partial charge in [-0.2, -0.15) is 0 Å². The zero-order valence-electron chi connectivity index (χ0n) is 15.7. The van der Waals surface area contributed by atoms with E-state index in [1.807, 2.05) is 26.0 Å². The van der Waals surface area contributed by atoms with Crippen LogP contribution in [0.15, 0.2) is 41.5 Å². The van der Waals surface area contributed by atoms with Gasteiger partial charge in [0, 0.05) is 23.8 Å². The molecule has 2 aliphatic heterocycles. The van der Waals surface area contributed by atoms with Gasteiger partial charge in [0.15, 0.2) is 22.8 Å².